The molecule has 1 heterocycles. The van der Waals surface area contributed by atoms with Gasteiger partial charge in [0.2, 0.25) is 5.91 Å². The Bertz CT molecular complexity index is 507. The Morgan fingerprint density at radius 2 is 2.10 bits per heavy atom. The molecule has 0 unspecified atom stereocenters. The average molecular weight is 288 g/mol. The van der Waals surface area contributed by atoms with E-state index >= 15 is 0 Å². The highest BCUT2D eigenvalue weighted by Crippen LogP contribution is 2.50. The van der Waals surface area contributed by atoms with Crippen molar-refractivity contribution in [1.29, 1.82) is 0 Å². The molecular weight excluding hydrogens is 264 g/mol. The number of carbonyl (C=O) groups is 1. The number of carbonyl (C=O) groups excluding carboxylic acids is 1. The van der Waals surface area contributed by atoms with Crippen LogP contribution in [0.15, 0.2) is 24.3 Å². The van der Waals surface area contributed by atoms with Gasteiger partial charge in [0.1, 0.15) is 5.60 Å². The monoisotopic (exact) mass is 288 g/mol. The molecule has 0 radical (unpaired) electrons. The number of fused-ring (bicyclic) bond motifs is 2. The van der Waals surface area contributed by atoms with E-state index in [9.17, 15) is 4.79 Å². The molecule has 0 aromatic heterocycles. The van der Waals surface area contributed by atoms with Crippen molar-refractivity contribution in [1.82, 2.24) is 5.32 Å². The summed E-state index contributed by atoms with van der Waals surface area (Å²) in [5.41, 5.74) is 6.89. The van der Waals surface area contributed by atoms with Crippen LogP contribution < -0.4 is 11.1 Å². The number of nitrogens with two attached hydrogens (primary N) is 1. The van der Waals surface area contributed by atoms with Crippen LogP contribution in [-0.4, -0.2) is 25.6 Å². The summed E-state index contributed by atoms with van der Waals surface area (Å²) in [6, 6.07) is 7.74. The first-order chi connectivity index (χ1) is 10.2. The van der Waals surface area contributed by atoms with E-state index in [4.69, 9.17) is 10.5 Å². The lowest BCUT2D eigenvalue weighted by atomic mass is 9.62. The lowest BCUT2D eigenvalue weighted by molar-refractivity contribution is -0.161. The van der Waals surface area contributed by atoms with Gasteiger partial charge in [0.15, 0.2) is 0 Å². The number of primary amides is 1. The summed E-state index contributed by atoms with van der Waals surface area (Å²) in [5.74, 6) is 0.559. The minimum Gasteiger partial charge on any atom is -0.370 e. The smallest absolute Gasteiger partial charge is 0.248 e. The zero-order chi connectivity index (χ0) is 14.9. The van der Waals surface area contributed by atoms with Crippen molar-refractivity contribution in [3.63, 3.8) is 0 Å². The number of ether oxygens (including phenoxy) is 1. The van der Waals surface area contributed by atoms with E-state index in [-0.39, 0.29) is 11.5 Å². The third kappa shape index (κ3) is 2.36. The van der Waals surface area contributed by atoms with Gasteiger partial charge < -0.3 is 15.8 Å². The topological polar surface area (TPSA) is 64.3 Å². The van der Waals surface area contributed by atoms with Crippen molar-refractivity contribution < 1.29 is 9.53 Å². The van der Waals surface area contributed by atoms with Crippen molar-refractivity contribution in [3.05, 3.63) is 35.4 Å². The van der Waals surface area contributed by atoms with Crippen LogP contribution in [0.3, 0.4) is 0 Å². The summed E-state index contributed by atoms with van der Waals surface area (Å²) < 4.78 is 6.37. The van der Waals surface area contributed by atoms with E-state index < -0.39 is 0 Å². The molecule has 1 aliphatic carbocycles. The second-order valence-corrected chi connectivity index (χ2v) is 6.15. The molecule has 3 N–H and O–H groups in total. The van der Waals surface area contributed by atoms with E-state index in [1.54, 1.807) is 6.07 Å². The molecule has 1 aromatic carbocycles. The van der Waals surface area contributed by atoms with Crippen LogP contribution in [0.4, 0.5) is 0 Å². The molecule has 2 fully saturated rings. The summed E-state index contributed by atoms with van der Waals surface area (Å²) in [5, 5.41) is 3.54. The van der Waals surface area contributed by atoms with Crippen molar-refractivity contribution >= 4 is 5.91 Å². The number of piperidine rings is 1. The van der Waals surface area contributed by atoms with Crippen LogP contribution >= 0.6 is 0 Å². The summed E-state index contributed by atoms with van der Waals surface area (Å²) in [7, 11) is 0. The van der Waals surface area contributed by atoms with Gasteiger partial charge in [-0.25, -0.2) is 0 Å². The van der Waals surface area contributed by atoms with E-state index in [1.165, 1.54) is 19.3 Å². The number of hydrogen-bond acceptors (Lipinski definition) is 3. The molecule has 1 saturated carbocycles. The Balaban J connectivity index is 2.08. The number of rotatable bonds is 4. The third-order valence-electron chi connectivity index (χ3n) is 5.08. The van der Waals surface area contributed by atoms with E-state index in [1.807, 2.05) is 12.1 Å². The van der Waals surface area contributed by atoms with E-state index in [0.29, 0.717) is 24.0 Å². The molecule has 1 aliphatic heterocycles. The van der Waals surface area contributed by atoms with Gasteiger partial charge in [0.05, 0.1) is 0 Å². The largest absolute Gasteiger partial charge is 0.370 e. The summed E-state index contributed by atoms with van der Waals surface area (Å²) in [6.07, 6.45) is 3.61. The molecule has 4 nitrogen and oxygen atoms in total. The molecule has 2 bridgehead atoms. The number of hydrogen-bond donors (Lipinski definition) is 2. The Labute approximate surface area is 126 Å². The first kappa shape index (κ1) is 14.5. The fourth-order valence-corrected chi connectivity index (χ4v) is 4.26. The summed E-state index contributed by atoms with van der Waals surface area (Å²) >= 11 is 0. The maximum absolute atomic E-state index is 11.5. The average Bonchev–Trinajstić information content (AvgIpc) is 2.47. The second kappa shape index (κ2) is 5.78. The first-order valence-electron chi connectivity index (χ1n) is 7.93. The van der Waals surface area contributed by atoms with Gasteiger partial charge in [-0.2, -0.15) is 0 Å². The molecule has 3 rings (SSSR count). The maximum atomic E-state index is 11.5. The predicted molar refractivity (Wildman–Crippen MR) is 82.0 cm³/mol. The Morgan fingerprint density at radius 1 is 1.38 bits per heavy atom. The molecule has 1 saturated heterocycles. The number of nitrogens with one attached hydrogen (secondary N) is 1. The third-order valence-corrected chi connectivity index (χ3v) is 5.08. The van der Waals surface area contributed by atoms with Crippen molar-refractivity contribution in [2.24, 2.45) is 17.6 Å². The van der Waals surface area contributed by atoms with Gasteiger partial charge in [0.25, 0.3) is 0 Å². The lowest BCUT2D eigenvalue weighted by Crippen LogP contribution is -2.58. The SMILES string of the molecule is CCO[C@]1(c2cccc(C(N)=O)c2)[C@@H]2CCC[C@H]1CNC2. The van der Waals surface area contributed by atoms with Crippen LogP contribution in [0, 0.1) is 11.8 Å². The standard InChI is InChI=1S/C17H24N2O2/c1-2-21-17(13-6-3-5-12(9-13)16(18)20)14-7-4-8-15(17)11-19-10-14/h3,5-6,9,14-15,19H,2,4,7-8,10-11H2,1H3,(H2,18,20)/t14-,15+,17-. The van der Waals surface area contributed by atoms with Crippen LogP contribution in [-0.2, 0) is 10.3 Å². The van der Waals surface area contributed by atoms with E-state index in [2.05, 4.69) is 18.3 Å². The van der Waals surface area contributed by atoms with Gasteiger partial charge >= 0.3 is 0 Å². The Hall–Kier alpha value is -1.39. The van der Waals surface area contributed by atoms with Crippen LogP contribution in [0.25, 0.3) is 0 Å². The number of amides is 1. The molecule has 4 heteroatoms. The maximum Gasteiger partial charge on any atom is 0.248 e. The van der Waals surface area contributed by atoms with Crippen LogP contribution in [0.2, 0.25) is 0 Å². The second-order valence-electron chi connectivity index (χ2n) is 6.15. The van der Waals surface area contributed by atoms with Crippen LogP contribution in [0.1, 0.15) is 42.1 Å². The van der Waals surface area contributed by atoms with Gasteiger partial charge in [0, 0.05) is 37.1 Å². The number of benzene rings is 1. The fraction of sp³-hybridized carbons (Fsp3) is 0.588. The van der Waals surface area contributed by atoms with Crippen molar-refractivity contribution in [2.75, 3.05) is 19.7 Å². The van der Waals surface area contributed by atoms with E-state index in [0.717, 1.165) is 18.7 Å². The Morgan fingerprint density at radius 3 is 2.71 bits per heavy atom. The molecule has 0 spiro atoms. The molecule has 21 heavy (non-hydrogen) atoms. The molecule has 1 amide bonds. The molecule has 1 aromatic rings. The highest BCUT2D eigenvalue weighted by Gasteiger charge is 2.51. The zero-order valence-electron chi connectivity index (χ0n) is 12.6. The predicted octanol–water partition coefficient (Wildman–Crippen LogP) is 2.04. The molecule has 2 aliphatic rings. The summed E-state index contributed by atoms with van der Waals surface area (Å²) in [4.78, 5) is 11.5. The van der Waals surface area contributed by atoms with Gasteiger partial charge in [-0.3, -0.25) is 4.79 Å². The fourth-order valence-electron chi connectivity index (χ4n) is 4.26. The molecular formula is C17H24N2O2. The molecule has 3 atom stereocenters. The zero-order valence-corrected chi connectivity index (χ0v) is 12.6. The lowest BCUT2D eigenvalue weighted by Gasteiger charge is -2.53. The minimum absolute atomic E-state index is 0.260. The van der Waals surface area contributed by atoms with Crippen molar-refractivity contribution in [3.8, 4) is 0 Å². The van der Waals surface area contributed by atoms with Gasteiger partial charge in [-0.1, -0.05) is 18.6 Å². The van der Waals surface area contributed by atoms with Gasteiger partial charge in [-0.15, -0.1) is 0 Å². The highest BCUT2D eigenvalue weighted by molar-refractivity contribution is 5.92. The van der Waals surface area contributed by atoms with Crippen LogP contribution in [0.5, 0.6) is 0 Å². The minimum atomic E-state index is -0.373. The Kier molecular flexibility index (Phi) is 4.00. The summed E-state index contributed by atoms with van der Waals surface area (Å²) in [6.45, 7) is 4.71. The normalized spacial score (nSPS) is 31.9. The quantitative estimate of drug-likeness (QED) is 0.891. The molecule has 114 valence electrons. The highest BCUT2D eigenvalue weighted by atomic mass is 16.5. The first-order valence-corrected chi connectivity index (χ1v) is 7.93. The van der Waals surface area contributed by atoms with Gasteiger partial charge in [-0.05, 0) is 37.5 Å². The van der Waals surface area contributed by atoms with Crippen molar-refractivity contribution in [2.45, 2.75) is 31.8 Å².